The molecule has 0 radical (unpaired) electrons. The van der Waals surface area contributed by atoms with E-state index in [1.807, 2.05) is 31.2 Å². The highest BCUT2D eigenvalue weighted by molar-refractivity contribution is 5.73. The second-order valence-electron chi connectivity index (χ2n) is 4.28. The fraction of sp³-hybridized carbons (Fsp3) is 0.500. The number of urea groups is 1. The summed E-state index contributed by atoms with van der Waals surface area (Å²) < 4.78 is 17.6. The van der Waals surface area contributed by atoms with E-state index in [2.05, 4.69) is 17.6 Å². The monoisotopic (exact) mass is 268 g/mol. The van der Waals surface area contributed by atoms with Crippen molar-refractivity contribution in [2.75, 3.05) is 13.2 Å². The summed E-state index contributed by atoms with van der Waals surface area (Å²) >= 11 is 0. The van der Waals surface area contributed by atoms with Crippen LogP contribution in [0.2, 0.25) is 0 Å². The summed E-state index contributed by atoms with van der Waals surface area (Å²) in [5.74, 6) is 0.790. The largest absolute Gasteiger partial charge is 0.491 e. The topological polar surface area (TPSA) is 50.4 Å². The summed E-state index contributed by atoms with van der Waals surface area (Å²) in [4.78, 5) is 11.3. The van der Waals surface area contributed by atoms with Crippen LogP contribution < -0.4 is 15.4 Å². The van der Waals surface area contributed by atoms with E-state index in [9.17, 15) is 9.18 Å². The first-order chi connectivity index (χ1) is 9.15. The van der Waals surface area contributed by atoms with Gasteiger partial charge in [-0.1, -0.05) is 19.1 Å². The second kappa shape index (κ2) is 8.34. The highest BCUT2D eigenvalue weighted by atomic mass is 19.1. The standard InChI is InChI=1S/C14H21FN2O2/c1-3-11(2)19-13-6-4-5-12(9-13)10-17-14(18)16-8-7-15/h4-6,9,11H,3,7-8,10H2,1-2H3,(H2,16,17,18)/t11-/m1/s1. The molecule has 2 amide bonds. The van der Waals surface area contributed by atoms with Gasteiger partial charge in [0.15, 0.2) is 0 Å². The molecule has 0 fully saturated rings. The van der Waals surface area contributed by atoms with Crippen molar-refractivity contribution in [1.29, 1.82) is 0 Å². The van der Waals surface area contributed by atoms with E-state index in [1.54, 1.807) is 0 Å². The first kappa shape index (κ1) is 15.3. The molecule has 1 atom stereocenters. The quantitative estimate of drug-likeness (QED) is 0.798. The lowest BCUT2D eigenvalue weighted by Crippen LogP contribution is -2.36. The van der Waals surface area contributed by atoms with Crippen molar-refractivity contribution in [3.05, 3.63) is 29.8 Å². The Labute approximate surface area is 113 Å². The number of hydrogen-bond acceptors (Lipinski definition) is 2. The molecule has 0 unspecified atom stereocenters. The number of alkyl halides is 1. The summed E-state index contributed by atoms with van der Waals surface area (Å²) in [6.45, 7) is 3.92. The van der Waals surface area contributed by atoms with Crippen LogP contribution in [0.15, 0.2) is 24.3 Å². The van der Waals surface area contributed by atoms with Gasteiger partial charge in [0.2, 0.25) is 0 Å². The Morgan fingerprint density at radius 3 is 2.89 bits per heavy atom. The molecule has 1 rings (SSSR count). The van der Waals surface area contributed by atoms with Crippen LogP contribution in [0.4, 0.5) is 9.18 Å². The van der Waals surface area contributed by atoms with E-state index in [4.69, 9.17) is 4.74 Å². The predicted molar refractivity (Wildman–Crippen MR) is 73.0 cm³/mol. The van der Waals surface area contributed by atoms with Crippen LogP contribution in [0.3, 0.4) is 0 Å². The van der Waals surface area contributed by atoms with Crippen molar-refractivity contribution < 1.29 is 13.9 Å². The summed E-state index contributed by atoms with van der Waals surface area (Å²) in [6.07, 6.45) is 1.10. The second-order valence-corrected chi connectivity index (χ2v) is 4.28. The number of halogens is 1. The molecule has 0 saturated heterocycles. The smallest absolute Gasteiger partial charge is 0.315 e. The number of hydrogen-bond donors (Lipinski definition) is 2. The van der Waals surface area contributed by atoms with Gasteiger partial charge >= 0.3 is 6.03 Å². The molecule has 19 heavy (non-hydrogen) atoms. The SMILES string of the molecule is CC[C@@H](C)Oc1cccc(CNC(=O)NCCF)c1. The molecule has 0 aliphatic heterocycles. The molecule has 0 aromatic heterocycles. The van der Waals surface area contributed by atoms with Gasteiger partial charge in [-0.15, -0.1) is 0 Å². The zero-order valence-corrected chi connectivity index (χ0v) is 11.4. The van der Waals surface area contributed by atoms with E-state index in [1.165, 1.54) is 0 Å². The molecule has 0 heterocycles. The van der Waals surface area contributed by atoms with Crippen molar-refractivity contribution >= 4 is 6.03 Å². The van der Waals surface area contributed by atoms with Crippen molar-refractivity contribution in [3.63, 3.8) is 0 Å². The van der Waals surface area contributed by atoms with Gasteiger partial charge in [-0.2, -0.15) is 0 Å². The van der Waals surface area contributed by atoms with Crippen LogP contribution in [0.5, 0.6) is 5.75 Å². The summed E-state index contributed by atoms with van der Waals surface area (Å²) in [5, 5.41) is 5.06. The molecule has 0 spiro atoms. The first-order valence-electron chi connectivity index (χ1n) is 6.49. The van der Waals surface area contributed by atoms with Crippen LogP contribution in [-0.2, 0) is 6.54 Å². The van der Waals surface area contributed by atoms with E-state index < -0.39 is 6.67 Å². The molecule has 0 bridgehead atoms. The summed E-state index contributed by atoms with van der Waals surface area (Å²) in [7, 11) is 0. The highest BCUT2D eigenvalue weighted by Gasteiger charge is 2.03. The molecule has 4 nitrogen and oxygen atoms in total. The summed E-state index contributed by atoms with van der Waals surface area (Å²) in [5.41, 5.74) is 0.941. The molecule has 0 aliphatic rings. The molecular formula is C14H21FN2O2. The van der Waals surface area contributed by atoms with Crippen LogP contribution in [-0.4, -0.2) is 25.4 Å². The van der Waals surface area contributed by atoms with Gasteiger partial charge < -0.3 is 15.4 Å². The van der Waals surface area contributed by atoms with Crippen molar-refractivity contribution in [2.24, 2.45) is 0 Å². The van der Waals surface area contributed by atoms with Gasteiger partial charge in [0.05, 0.1) is 6.10 Å². The number of rotatable bonds is 7. The highest BCUT2D eigenvalue weighted by Crippen LogP contribution is 2.15. The number of ether oxygens (including phenoxy) is 1. The molecule has 0 saturated carbocycles. The Kier molecular flexibility index (Phi) is 6.71. The minimum atomic E-state index is -0.564. The molecular weight excluding hydrogens is 247 g/mol. The Morgan fingerprint density at radius 1 is 1.42 bits per heavy atom. The van der Waals surface area contributed by atoms with Crippen LogP contribution in [0.1, 0.15) is 25.8 Å². The third kappa shape index (κ3) is 6.08. The summed E-state index contributed by atoms with van der Waals surface area (Å²) in [6, 6.07) is 7.19. The van der Waals surface area contributed by atoms with Gasteiger partial charge in [-0.3, -0.25) is 0 Å². The Morgan fingerprint density at radius 2 is 2.21 bits per heavy atom. The maximum Gasteiger partial charge on any atom is 0.315 e. The fourth-order valence-corrected chi connectivity index (χ4v) is 1.45. The average Bonchev–Trinajstić information content (AvgIpc) is 2.43. The third-order valence-electron chi connectivity index (χ3n) is 2.64. The van der Waals surface area contributed by atoms with Gasteiger partial charge in [0.25, 0.3) is 0 Å². The molecule has 106 valence electrons. The number of nitrogens with one attached hydrogen (secondary N) is 2. The predicted octanol–water partition coefficient (Wildman–Crippen LogP) is 2.63. The van der Waals surface area contributed by atoms with E-state index >= 15 is 0 Å². The molecule has 2 N–H and O–H groups in total. The average molecular weight is 268 g/mol. The number of benzene rings is 1. The van der Waals surface area contributed by atoms with E-state index in [0.717, 1.165) is 17.7 Å². The molecule has 5 heteroatoms. The minimum absolute atomic E-state index is 0.0308. The normalized spacial score (nSPS) is 11.7. The van der Waals surface area contributed by atoms with Gasteiger partial charge in [-0.05, 0) is 31.0 Å². The number of carbonyl (C=O) groups is 1. The van der Waals surface area contributed by atoms with E-state index in [0.29, 0.717) is 6.54 Å². The van der Waals surface area contributed by atoms with Crippen molar-refractivity contribution in [2.45, 2.75) is 32.9 Å². The zero-order valence-electron chi connectivity index (χ0n) is 11.4. The van der Waals surface area contributed by atoms with Crippen LogP contribution >= 0.6 is 0 Å². The molecule has 0 aliphatic carbocycles. The maximum atomic E-state index is 11.9. The third-order valence-corrected chi connectivity index (χ3v) is 2.64. The Bertz CT molecular complexity index is 399. The number of amides is 2. The van der Waals surface area contributed by atoms with Crippen LogP contribution in [0.25, 0.3) is 0 Å². The van der Waals surface area contributed by atoms with E-state index in [-0.39, 0.29) is 18.7 Å². The van der Waals surface area contributed by atoms with Gasteiger partial charge in [0, 0.05) is 13.1 Å². The first-order valence-corrected chi connectivity index (χ1v) is 6.49. The minimum Gasteiger partial charge on any atom is -0.491 e. The number of carbonyl (C=O) groups excluding carboxylic acids is 1. The van der Waals surface area contributed by atoms with Crippen molar-refractivity contribution in [1.82, 2.24) is 10.6 Å². The lowest BCUT2D eigenvalue weighted by atomic mass is 10.2. The Balaban J connectivity index is 2.45. The maximum absolute atomic E-state index is 11.9. The zero-order chi connectivity index (χ0) is 14.1. The van der Waals surface area contributed by atoms with Crippen molar-refractivity contribution in [3.8, 4) is 5.75 Å². The van der Waals surface area contributed by atoms with Crippen LogP contribution in [0, 0.1) is 0 Å². The lowest BCUT2D eigenvalue weighted by Gasteiger charge is -2.13. The fourth-order valence-electron chi connectivity index (χ4n) is 1.45. The lowest BCUT2D eigenvalue weighted by molar-refractivity contribution is 0.217. The van der Waals surface area contributed by atoms with Gasteiger partial charge in [0.1, 0.15) is 12.4 Å². The molecule has 1 aromatic carbocycles. The Hall–Kier alpha value is -1.78. The molecule has 1 aromatic rings. The van der Waals surface area contributed by atoms with Gasteiger partial charge in [-0.25, -0.2) is 9.18 Å².